The lowest BCUT2D eigenvalue weighted by Crippen LogP contribution is -2.02. The molecular formula is C15H15BrClNO2. The summed E-state index contributed by atoms with van der Waals surface area (Å²) in [7, 11) is 3.30. The Morgan fingerprint density at radius 1 is 1.10 bits per heavy atom. The van der Waals surface area contributed by atoms with E-state index in [1.54, 1.807) is 14.2 Å². The van der Waals surface area contributed by atoms with E-state index < -0.39 is 0 Å². The fourth-order valence-electron chi connectivity index (χ4n) is 1.84. The maximum Gasteiger partial charge on any atom is 0.124 e. The van der Waals surface area contributed by atoms with E-state index in [9.17, 15) is 0 Å². The maximum atomic E-state index is 5.93. The highest BCUT2D eigenvalue weighted by Crippen LogP contribution is 2.28. The van der Waals surface area contributed by atoms with Gasteiger partial charge in [-0.05, 0) is 52.3 Å². The third kappa shape index (κ3) is 3.58. The molecular weight excluding hydrogens is 342 g/mol. The zero-order valence-electron chi connectivity index (χ0n) is 11.2. The molecule has 20 heavy (non-hydrogen) atoms. The number of hydrogen-bond acceptors (Lipinski definition) is 3. The van der Waals surface area contributed by atoms with Gasteiger partial charge in [-0.1, -0.05) is 11.6 Å². The number of nitrogens with one attached hydrogen (secondary N) is 1. The van der Waals surface area contributed by atoms with Crippen molar-refractivity contribution in [2.75, 3.05) is 19.5 Å². The minimum Gasteiger partial charge on any atom is -0.497 e. The van der Waals surface area contributed by atoms with Crippen LogP contribution in [-0.2, 0) is 6.54 Å². The fourth-order valence-corrected chi connectivity index (χ4v) is 2.67. The van der Waals surface area contributed by atoms with E-state index >= 15 is 0 Å². The van der Waals surface area contributed by atoms with Gasteiger partial charge in [-0.25, -0.2) is 0 Å². The Bertz CT molecular complexity index is 604. The van der Waals surface area contributed by atoms with E-state index in [-0.39, 0.29) is 0 Å². The van der Waals surface area contributed by atoms with E-state index in [0.717, 1.165) is 27.2 Å². The molecule has 0 aliphatic rings. The molecule has 0 fully saturated rings. The minimum atomic E-state index is 0.626. The van der Waals surface area contributed by atoms with Crippen molar-refractivity contribution in [2.24, 2.45) is 0 Å². The molecule has 0 radical (unpaired) electrons. The van der Waals surface area contributed by atoms with Crippen LogP contribution in [0.15, 0.2) is 40.9 Å². The van der Waals surface area contributed by atoms with Gasteiger partial charge in [-0.2, -0.15) is 0 Å². The molecule has 0 heterocycles. The molecule has 2 rings (SSSR count). The molecule has 2 aromatic carbocycles. The van der Waals surface area contributed by atoms with E-state index in [1.165, 1.54) is 0 Å². The Kier molecular flexibility index (Phi) is 5.15. The van der Waals surface area contributed by atoms with Crippen LogP contribution in [0.4, 0.5) is 5.69 Å². The Balaban J connectivity index is 2.17. The van der Waals surface area contributed by atoms with E-state index in [0.29, 0.717) is 11.6 Å². The number of halogens is 2. The van der Waals surface area contributed by atoms with Gasteiger partial charge in [0.15, 0.2) is 0 Å². The van der Waals surface area contributed by atoms with Crippen molar-refractivity contribution in [1.29, 1.82) is 0 Å². The number of anilines is 1. The first-order valence-electron chi connectivity index (χ1n) is 6.04. The van der Waals surface area contributed by atoms with Gasteiger partial charge >= 0.3 is 0 Å². The lowest BCUT2D eigenvalue weighted by Gasteiger charge is -2.13. The second-order valence-corrected chi connectivity index (χ2v) is 5.45. The molecule has 0 saturated carbocycles. The van der Waals surface area contributed by atoms with Crippen molar-refractivity contribution in [3.05, 3.63) is 51.5 Å². The Morgan fingerprint density at radius 3 is 2.55 bits per heavy atom. The van der Waals surface area contributed by atoms with Crippen LogP contribution in [0.1, 0.15) is 5.56 Å². The Hall–Kier alpha value is -1.39. The molecule has 0 amide bonds. The van der Waals surface area contributed by atoms with Crippen LogP contribution in [0.5, 0.6) is 11.5 Å². The molecule has 0 aliphatic heterocycles. The van der Waals surface area contributed by atoms with Crippen molar-refractivity contribution < 1.29 is 9.47 Å². The molecule has 0 saturated heterocycles. The highest BCUT2D eigenvalue weighted by atomic mass is 79.9. The number of benzene rings is 2. The molecule has 0 spiro atoms. The molecule has 2 aromatic rings. The summed E-state index contributed by atoms with van der Waals surface area (Å²) in [6.07, 6.45) is 0. The Morgan fingerprint density at radius 2 is 1.90 bits per heavy atom. The molecule has 0 unspecified atom stereocenters. The van der Waals surface area contributed by atoms with E-state index in [4.69, 9.17) is 21.1 Å². The third-order valence-corrected chi connectivity index (χ3v) is 3.78. The number of hydrogen-bond donors (Lipinski definition) is 1. The van der Waals surface area contributed by atoms with Crippen LogP contribution in [0.2, 0.25) is 5.02 Å². The van der Waals surface area contributed by atoms with Gasteiger partial charge in [-0.15, -0.1) is 0 Å². The molecule has 0 aliphatic carbocycles. The topological polar surface area (TPSA) is 30.5 Å². The number of ether oxygens (including phenoxy) is 2. The highest BCUT2D eigenvalue weighted by molar-refractivity contribution is 9.10. The number of methoxy groups -OCH3 is 2. The van der Waals surface area contributed by atoms with Crippen molar-refractivity contribution in [1.82, 2.24) is 0 Å². The van der Waals surface area contributed by atoms with Gasteiger partial charge in [-0.3, -0.25) is 0 Å². The quantitative estimate of drug-likeness (QED) is 0.840. The SMILES string of the molecule is COc1ccc(OC)c(CNc2ccc(Cl)cc2Br)c1. The lowest BCUT2D eigenvalue weighted by molar-refractivity contribution is 0.399. The standard InChI is InChI=1S/C15H15BrClNO2/c1-19-12-4-6-15(20-2)10(7-12)9-18-14-5-3-11(17)8-13(14)16/h3-8,18H,9H2,1-2H3. The van der Waals surface area contributed by atoms with Crippen molar-refractivity contribution in [3.63, 3.8) is 0 Å². The van der Waals surface area contributed by atoms with Crippen LogP contribution in [0.25, 0.3) is 0 Å². The molecule has 0 atom stereocenters. The van der Waals surface area contributed by atoms with Gasteiger partial charge in [0, 0.05) is 27.3 Å². The van der Waals surface area contributed by atoms with Gasteiger partial charge in [0.1, 0.15) is 11.5 Å². The van der Waals surface area contributed by atoms with Crippen molar-refractivity contribution in [2.45, 2.75) is 6.54 Å². The summed E-state index contributed by atoms with van der Waals surface area (Å²) in [5.41, 5.74) is 1.99. The largest absolute Gasteiger partial charge is 0.497 e. The van der Waals surface area contributed by atoms with E-state index in [1.807, 2.05) is 36.4 Å². The summed E-state index contributed by atoms with van der Waals surface area (Å²) in [4.78, 5) is 0. The van der Waals surface area contributed by atoms with Crippen LogP contribution in [0.3, 0.4) is 0 Å². The van der Waals surface area contributed by atoms with Crippen LogP contribution in [-0.4, -0.2) is 14.2 Å². The second-order valence-electron chi connectivity index (χ2n) is 4.16. The van der Waals surface area contributed by atoms with Crippen molar-refractivity contribution >= 4 is 33.2 Å². The zero-order chi connectivity index (χ0) is 14.5. The van der Waals surface area contributed by atoms with Gasteiger partial charge in [0.05, 0.1) is 14.2 Å². The zero-order valence-corrected chi connectivity index (χ0v) is 13.6. The predicted molar refractivity (Wildman–Crippen MR) is 86.0 cm³/mol. The normalized spacial score (nSPS) is 10.2. The summed E-state index contributed by atoms with van der Waals surface area (Å²) in [6, 6.07) is 11.4. The van der Waals surface area contributed by atoms with Crippen LogP contribution < -0.4 is 14.8 Å². The summed E-state index contributed by atoms with van der Waals surface area (Å²) in [6.45, 7) is 0.626. The molecule has 0 aromatic heterocycles. The van der Waals surface area contributed by atoms with Crippen LogP contribution >= 0.6 is 27.5 Å². The average Bonchev–Trinajstić information content (AvgIpc) is 2.46. The predicted octanol–water partition coefficient (Wildman–Crippen LogP) is 4.73. The summed E-state index contributed by atoms with van der Waals surface area (Å²) in [5.74, 6) is 1.63. The van der Waals surface area contributed by atoms with E-state index in [2.05, 4.69) is 21.2 Å². The first-order chi connectivity index (χ1) is 9.63. The molecule has 0 bridgehead atoms. The molecule has 3 nitrogen and oxygen atoms in total. The monoisotopic (exact) mass is 355 g/mol. The van der Waals surface area contributed by atoms with Crippen LogP contribution in [0, 0.1) is 0 Å². The van der Waals surface area contributed by atoms with Gasteiger partial charge in [0.25, 0.3) is 0 Å². The molecule has 5 heteroatoms. The highest BCUT2D eigenvalue weighted by Gasteiger charge is 2.06. The maximum absolute atomic E-state index is 5.93. The fraction of sp³-hybridized carbons (Fsp3) is 0.200. The summed E-state index contributed by atoms with van der Waals surface area (Å²) >= 11 is 9.41. The first kappa shape index (κ1) is 15.0. The molecule has 106 valence electrons. The average molecular weight is 357 g/mol. The summed E-state index contributed by atoms with van der Waals surface area (Å²) in [5, 5.41) is 4.04. The third-order valence-electron chi connectivity index (χ3n) is 2.89. The molecule has 1 N–H and O–H groups in total. The first-order valence-corrected chi connectivity index (χ1v) is 7.21. The smallest absolute Gasteiger partial charge is 0.124 e. The Labute approximate surface area is 132 Å². The second kappa shape index (κ2) is 6.86. The minimum absolute atomic E-state index is 0.626. The number of rotatable bonds is 5. The lowest BCUT2D eigenvalue weighted by atomic mass is 10.2. The van der Waals surface area contributed by atoms with Gasteiger partial charge in [0.2, 0.25) is 0 Å². The van der Waals surface area contributed by atoms with Gasteiger partial charge < -0.3 is 14.8 Å². The summed E-state index contributed by atoms with van der Waals surface area (Å²) < 4.78 is 11.5. The van der Waals surface area contributed by atoms with Crippen molar-refractivity contribution in [3.8, 4) is 11.5 Å².